The highest BCUT2D eigenvalue weighted by Crippen LogP contribution is 2.27. The van der Waals surface area contributed by atoms with Crippen LogP contribution < -0.4 is 5.32 Å². The Balaban J connectivity index is 4.83. The van der Waals surface area contributed by atoms with Crippen molar-refractivity contribution >= 4 is 0 Å². The van der Waals surface area contributed by atoms with E-state index in [1.165, 1.54) is 19.3 Å². The Kier molecular flexibility index (Phi) is 7.69. The minimum Gasteiger partial charge on any atom is -0.312 e. The molecule has 0 aromatic heterocycles. The number of hydrogen-bond acceptors (Lipinski definition) is 2. The van der Waals surface area contributed by atoms with Gasteiger partial charge in [-0.25, -0.2) is 0 Å². The van der Waals surface area contributed by atoms with Gasteiger partial charge < -0.3 is 10.2 Å². The van der Waals surface area contributed by atoms with E-state index in [4.69, 9.17) is 0 Å². The summed E-state index contributed by atoms with van der Waals surface area (Å²) in [5, 5.41) is 3.68. The van der Waals surface area contributed by atoms with Gasteiger partial charge in [-0.2, -0.15) is 0 Å². The van der Waals surface area contributed by atoms with Crippen LogP contribution in [0.25, 0.3) is 0 Å². The largest absolute Gasteiger partial charge is 0.312 e. The first-order valence-electron chi connectivity index (χ1n) is 6.60. The first-order valence-corrected chi connectivity index (χ1v) is 6.60. The van der Waals surface area contributed by atoms with Crippen molar-refractivity contribution in [2.45, 2.75) is 58.0 Å². The molecule has 0 saturated carbocycles. The van der Waals surface area contributed by atoms with E-state index in [2.05, 4.69) is 51.7 Å². The van der Waals surface area contributed by atoms with Crippen molar-refractivity contribution in [1.29, 1.82) is 0 Å². The Morgan fingerprint density at radius 2 is 1.81 bits per heavy atom. The van der Waals surface area contributed by atoms with Gasteiger partial charge in [-0.05, 0) is 46.3 Å². The molecule has 0 fully saturated rings. The Hall–Kier alpha value is -0.340. The molecule has 1 atom stereocenters. The van der Waals surface area contributed by atoms with Crippen molar-refractivity contribution < 1.29 is 0 Å². The first-order chi connectivity index (χ1) is 7.58. The molecule has 0 aromatic carbocycles. The molecule has 0 aliphatic rings. The van der Waals surface area contributed by atoms with E-state index in [9.17, 15) is 0 Å². The molecule has 0 amide bonds. The Bertz CT molecular complexity index is 183. The fourth-order valence-electron chi connectivity index (χ4n) is 2.66. The van der Waals surface area contributed by atoms with Gasteiger partial charge in [0.1, 0.15) is 0 Å². The molecule has 0 bridgehead atoms. The minimum absolute atomic E-state index is 0.253. The molecule has 1 N–H and O–H groups in total. The zero-order valence-electron chi connectivity index (χ0n) is 11.8. The van der Waals surface area contributed by atoms with Gasteiger partial charge in [0.05, 0.1) is 0 Å². The van der Waals surface area contributed by atoms with Crippen LogP contribution in [0.5, 0.6) is 0 Å². The second-order valence-electron chi connectivity index (χ2n) is 4.74. The number of likely N-dealkylation sites (N-methyl/N-ethyl adjacent to an activating group) is 1. The standard InChI is InChI=1S/C14H30N2/c1-7-11-13(15-12-8-2)14(9-3,10-4)16(5)6/h7,13,15H,1,8-12H2,2-6H3. The number of nitrogens with one attached hydrogen (secondary N) is 1. The maximum Gasteiger partial charge on any atom is 0.0354 e. The molecule has 0 aromatic rings. The Morgan fingerprint density at radius 1 is 1.25 bits per heavy atom. The fourth-order valence-corrected chi connectivity index (χ4v) is 2.66. The van der Waals surface area contributed by atoms with Crippen LogP contribution in [-0.2, 0) is 0 Å². The third-order valence-corrected chi connectivity index (χ3v) is 3.81. The van der Waals surface area contributed by atoms with E-state index in [-0.39, 0.29) is 5.54 Å². The molecule has 0 aliphatic heterocycles. The van der Waals surface area contributed by atoms with Gasteiger partial charge in [-0.15, -0.1) is 6.58 Å². The molecule has 0 heterocycles. The van der Waals surface area contributed by atoms with E-state index >= 15 is 0 Å². The number of rotatable bonds is 9. The summed E-state index contributed by atoms with van der Waals surface area (Å²) in [6.07, 6.45) is 6.61. The summed E-state index contributed by atoms with van der Waals surface area (Å²) in [6, 6.07) is 0.509. The summed E-state index contributed by atoms with van der Waals surface area (Å²) in [7, 11) is 4.38. The monoisotopic (exact) mass is 226 g/mol. The van der Waals surface area contributed by atoms with E-state index in [1.807, 2.05) is 6.08 Å². The van der Waals surface area contributed by atoms with E-state index in [1.54, 1.807) is 0 Å². The van der Waals surface area contributed by atoms with Gasteiger partial charge in [-0.3, -0.25) is 0 Å². The van der Waals surface area contributed by atoms with Gasteiger partial charge in [-0.1, -0.05) is 26.8 Å². The molecule has 2 nitrogen and oxygen atoms in total. The van der Waals surface area contributed by atoms with Crippen LogP contribution in [0.4, 0.5) is 0 Å². The van der Waals surface area contributed by atoms with Crippen LogP contribution in [0.2, 0.25) is 0 Å². The highest BCUT2D eigenvalue weighted by Gasteiger charge is 2.36. The SMILES string of the molecule is C=CCC(NCCC)C(CC)(CC)N(C)C. The maximum absolute atomic E-state index is 3.89. The van der Waals surface area contributed by atoms with Gasteiger partial charge in [0, 0.05) is 11.6 Å². The zero-order valence-corrected chi connectivity index (χ0v) is 11.8. The molecular weight excluding hydrogens is 196 g/mol. The van der Waals surface area contributed by atoms with Crippen molar-refractivity contribution in [3.63, 3.8) is 0 Å². The number of hydrogen-bond donors (Lipinski definition) is 1. The average molecular weight is 226 g/mol. The maximum atomic E-state index is 3.89. The van der Waals surface area contributed by atoms with Crippen molar-refractivity contribution in [2.24, 2.45) is 0 Å². The van der Waals surface area contributed by atoms with Crippen molar-refractivity contribution in [2.75, 3.05) is 20.6 Å². The summed E-state index contributed by atoms with van der Waals surface area (Å²) >= 11 is 0. The van der Waals surface area contributed by atoms with Crippen molar-refractivity contribution in [1.82, 2.24) is 10.2 Å². The molecule has 0 saturated heterocycles. The first kappa shape index (κ1) is 15.7. The summed E-state index contributed by atoms with van der Waals surface area (Å²) in [6.45, 7) is 11.8. The van der Waals surface area contributed by atoms with Gasteiger partial charge in [0.15, 0.2) is 0 Å². The zero-order chi connectivity index (χ0) is 12.6. The van der Waals surface area contributed by atoms with Crippen LogP contribution in [0.15, 0.2) is 12.7 Å². The third-order valence-electron chi connectivity index (χ3n) is 3.81. The second-order valence-corrected chi connectivity index (χ2v) is 4.74. The molecule has 0 spiro atoms. The van der Waals surface area contributed by atoms with Crippen LogP contribution in [0, 0.1) is 0 Å². The van der Waals surface area contributed by atoms with Gasteiger partial charge in [0.2, 0.25) is 0 Å². The topological polar surface area (TPSA) is 15.3 Å². The summed E-state index contributed by atoms with van der Waals surface area (Å²) in [5.41, 5.74) is 0.253. The van der Waals surface area contributed by atoms with E-state index in [0.29, 0.717) is 6.04 Å². The molecule has 16 heavy (non-hydrogen) atoms. The highest BCUT2D eigenvalue weighted by molar-refractivity contribution is 4.99. The van der Waals surface area contributed by atoms with Crippen LogP contribution >= 0.6 is 0 Å². The predicted molar refractivity (Wildman–Crippen MR) is 73.9 cm³/mol. The Labute approximate surface area is 102 Å². The normalized spacial score (nSPS) is 14.1. The van der Waals surface area contributed by atoms with Crippen LogP contribution in [0.1, 0.15) is 46.5 Å². The lowest BCUT2D eigenvalue weighted by atomic mass is 9.81. The molecule has 0 rings (SSSR count). The number of nitrogens with zero attached hydrogens (tertiary/aromatic N) is 1. The molecule has 96 valence electrons. The second kappa shape index (κ2) is 7.86. The van der Waals surface area contributed by atoms with E-state index in [0.717, 1.165) is 13.0 Å². The van der Waals surface area contributed by atoms with Crippen molar-refractivity contribution in [3.8, 4) is 0 Å². The summed E-state index contributed by atoms with van der Waals surface area (Å²) in [4.78, 5) is 2.38. The Morgan fingerprint density at radius 3 is 2.12 bits per heavy atom. The van der Waals surface area contributed by atoms with E-state index < -0.39 is 0 Å². The lowest BCUT2D eigenvalue weighted by molar-refractivity contribution is 0.0894. The molecule has 0 radical (unpaired) electrons. The molecule has 1 unspecified atom stereocenters. The highest BCUT2D eigenvalue weighted by atomic mass is 15.2. The molecular formula is C14H30N2. The smallest absolute Gasteiger partial charge is 0.0354 e. The fraction of sp³-hybridized carbons (Fsp3) is 0.857. The average Bonchev–Trinajstić information content (AvgIpc) is 2.27. The van der Waals surface area contributed by atoms with Crippen LogP contribution in [0.3, 0.4) is 0 Å². The van der Waals surface area contributed by atoms with Gasteiger partial charge >= 0.3 is 0 Å². The lowest BCUT2D eigenvalue weighted by Crippen LogP contribution is -2.58. The third kappa shape index (κ3) is 3.60. The predicted octanol–water partition coefficient (Wildman–Crippen LogP) is 3.05. The van der Waals surface area contributed by atoms with Gasteiger partial charge in [0.25, 0.3) is 0 Å². The minimum atomic E-state index is 0.253. The molecule has 2 heteroatoms. The summed E-state index contributed by atoms with van der Waals surface area (Å²) < 4.78 is 0. The van der Waals surface area contributed by atoms with Crippen molar-refractivity contribution in [3.05, 3.63) is 12.7 Å². The summed E-state index contributed by atoms with van der Waals surface area (Å²) in [5.74, 6) is 0. The van der Waals surface area contributed by atoms with Crippen LogP contribution in [-0.4, -0.2) is 37.1 Å². The molecule has 0 aliphatic carbocycles. The lowest BCUT2D eigenvalue weighted by Gasteiger charge is -2.45. The quantitative estimate of drug-likeness (QED) is 0.608.